The van der Waals surface area contributed by atoms with Gasteiger partial charge >= 0.3 is 0 Å². The third-order valence-electron chi connectivity index (χ3n) is 4.81. The monoisotopic (exact) mass is 416 g/mol. The van der Waals surface area contributed by atoms with Gasteiger partial charge in [0.25, 0.3) is 5.91 Å². The Bertz CT molecular complexity index is 766. The number of nitrogens with one attached hydrogen (secondary N) is 2. The minimum Gasteiger partial charge on any atom is -0.376 e. The number of ether oxygens (including phenoxy) is 1. The molecule has 2 N–H and O–H groups in total. The number of aliphatic imine (C=N–C) groups is 1. The lowest BCUT2D eigenvalue weighted by Gasteiger charge is -2.23. The Morgan fingerprint density at radius 2 is 2.10 bits per heavy atom. The number of allylic oxidation sites excluding steroid dienone is 1. The lowest BCUT2D eigenvalue weighted by Crippen LogP contribution is -2.38. The van der Waals surface area contributed by atoms with Crippen LogP contribution in [0.25, 0.3) is 0 Å². The molecule has 0 aromatic heterocycles. The van der Waals surface area contributed by atoms with Gasteiger partial charge in [-0.05, 0) is 42.5 Å². The number of amides is 1. The second kappa shape index (κ2) is 12.1. The molecule has 1 saturated heterocycles. The van der Waals surface area contributed by atoms with Gasteiger partial charge in [0.15, 0.2) is 0 Å². The second-order valence-electron chi connectivity index (χ2n) is 7.56. The SMILES string of the molecule is C=C(CCC)/C(NC=NCc1ccc(F)cc1)=C(/C(=O)NCC1CCCO1)N(C)C. The summed E-state index contributed by atoms with van der Waals surface area (Å²) in [5.41, 5.74) is 2.88. The average molecular weight is 417 g/mol. The van der Waals surface area contributed by atoms with Crippen LogP contribution in [0.15, 0.2) is 52.8 Å². The highest BCUT2D eigenvalue weighted by Crippen LogP contribution is 2.18. The van der Waals surface area contributed by atoms with Crippen molar-refractivity contribution in [3.05, 3.63) is 59.2 Å². The summed E-state index contributed by atoms with van der Waals surface area (Å²) in [6.07, 6.45) is 5.30. The number of benzene rings is 1. The molecule has 1 aliphatic rings. The number of rotatable bonds is 11. The Kier molecular flexibility index (Phi) is 9.54. The number of halogens is 1. The van der Waals surface area contributed by atoms with E-state index in [9.17, 15) is 9.18 Å². The maximum absolute atomic E-state index is 13.0. The molecule has 1 atom stereocenters. The molecule has 0 aliphatic carbocycles. The Labute approximate surface area is 178 Å². The van der Waals surface area contributed by atoms with Crippen molar-refractivity contribution in [1.82, 2.24) is 15.5 Å². The minimum absolute atomic E-state index is 0.0740. The van der Waals surface area contributed by atoms with Crippen LogP contribution in [0.3, 0.4) is 0 Å². The van der Waals surface area contributed by atoms with Crippen molar-refractivity contribution in [2.24, 2.45) is 4.99 Å². The van der Waals surface area contributed by atoms with Crippen LogP contribution in [0, 0.1) is 5.82 Å². The standard InChI is InChI=1S/C23H33FN4O2/c1-5-7-17(2)21(27-16-25-14-18-9-11-19(24)12-10-18)22(28(3)4)23(29)26-15-20-8-6-13-30-20/h9-12,16,20H,2,5-8,13-15H2,1,3-4H3,(H,25,27)(H,26,29)/b22-21+. The molecule has 0 spiro atoms. The van der Waals surface area contributed by atoms with Crippen molar-refractivity contribution in [3.63, 3.8) is 0 Å². The molecule has 6 nitrogen and oxygen atoms in total. The number of likely N-dealkylation sites (N-methyl/N-ethyl adjacent to an activating group) is 1. The topological polar surface area (TPSA) is 66.0 Å². The van der Waals surface area contributed by atoms with Gasteiger partial charge in [0.2, 0.25) is 0 Å². The van der Waals surface area contributed by atoms with E-state index < -0.39 is 0 Å². The van der Waals surface area contributed by atoms with Gasteiger partial charge in [-0.2, -0.15) is 0 Å². The van der Waals surface area contributed by atoms with E-state index in [2.05, 4.69) is 29.1 Å². The molecule has 1 aromatic rings. The van der Waals surface area contributed by atoms with E-state index in [0.717, 1.165) is 43.4 Å². The van der Waals surface area contributed by atoms with Gasteiger partial charge in [0.05, 0.1) is 24.7 Å². The van der Waals surface area contributed by atoms with Crippen LogP contribution in [0.5, 0.6) is 0 Å². The average Bonchev–Trinajstić information content (AvgIpc) is 3.23. The Hall–Kier alpha value is -2.67. The van der Waals surface area contributed by atoms with Crippen LogP contribution in [0.4, 0.5) is 4.39 Å². The van der Waals surface area contributed by atoms with E-state index in [0.29, 0.717) is 24.5 Å². The van der Waals surface area contributed by atoms with Crippen LogP contribution in [0.2, 0.25) is 0 Å². The van der Waals surface area contributed by atoms with Crippen molar-refractivity contribution >= 4 is 12.2 Å². The quantitative estimate of drug-likeness (QED) is 0.251. The highest BCUT2D eigenvalue weighted by molar-refractivity contribution is 5.94. The van der Waals surface area contributed by atoms with Gasteiger partial charge in [-0.25, -0.2) is 4.39 Å². The molecule has 1 aromatic carbocycles. The summed E-state index contributed by atoms with van der Waals surface area (Å²) in [6.45, 7) is 7.87. The van der Waals surface area contributed by atoms with Gasteiger partial charge in [-0.1, -0.05) is 32.1 Å². The lowest BCUT2D eigenvalue weighted by atomic mass is 10.1. The molecule has 2 rings (SSSR count). The molecule has 1 amide bonds. The van der Waals surface area contributed by atoms with Gasteiger partial charge < -0.3 is 20.3 Å². The Balaban J connectivity index is 2.12. The predicted molar refractivity (Wildman–Crippen MR) is 118 cm³/mol. The van der Waals surface area contributed by atoms with E-state index in [1.165, 1.54) is 12.1 Å². The zero-order valence-electron chi connectivity index (χ0n) is 18.2. The number of carbonyl (C=O) groups is 1. The molecular weight excluding hydrogens is 383 g/mol. The second-order valence-corrected chi connectivity index (χ2v) is 7.56. The highest BCUT2D eigenvalue weighted by Gasteiger charge is 2.22. The molecule has 1 heterocycles. The van der Waals surface area contributed by atoms with Crippen molar-refractivity contribution in [1.29, 1.82) is 0 Å². The summed E-state index contributed by atoms with van der Waals surface area (Å²) in [5.74, 6) is -0.450. The highest BCUT2D eigenvalue weighted by atomic mass is 19.1. The molecule has 0 bridgehead atoms. The lowest BCUT2D eigenvalue weighted by molar-refractivity contribution is -0.119. The Morgan fingerprint density at radius 3 is 2.70 bits per heavy atom. The third kappa shape index (κ3) is 7.30. The number of carbonyl (C=O) groups excluding carboxylic acids is 1. The summed E-state index contributed by atoms with van der Waals surface area (Å²) < 4.78 is 18.6. The van der Waals surface area contributed by atoms with E-state index in [4.69, 9.17) is 4.74 Å². The molecule has 0 saturated carbocycles. The van der Waals surface area contributed by atoms with E-state index >= 15 is 0 Å². The van der Waals surface area contributed by atoms with Crippen molar-refractivity contribution < 1.29 is 13.9 Å². The minimum atomic E-state index is -0.272. The maximum atomic E-state index is 13.0. The van der Waals surface area contributed by atoms with Crippen LogP contribution in [-0.4, -0.2) is 50.5 Å². The van der Waals surface area contributed by atoms with Gasteiger partial charge in [0.1, 0.15) is 11.5 Å². The molecule has 1 aliphatic heterocycles. The summed E-state index contributed by atoms with van der Waals surface area (Å²) in [7, 11) is 3.66. The first-order valence-corrected chi connectivity index (χ1v) is 10.4. The van der Waals surface area contributed by atoms with Gasteiger partial charge in [-0.3, -0.25) is 9.79 Å². The van der Waals surface area contributed by atoms with Crippen LogP contribution >= 0.6 is 0 Å². The fourth-order valence-corrected chi connectivity index (χ4v) is 3.25. The fraction of sp³-hybridized carbons (Fsp3) is 0.478. The molecule has 7 heteroatoms. The van der Waals surface area contributed by atoms with Crippen molar-refractivity contribution in [2.45, 2.75) is 45.3 Å². The molecular formula is C23H33FN4O2. The summed E-state index contributed by atoms with van der Waals surface area (Å²) >= 11 is 0. The van der Waals surface area contributed by atoms with Crippen molar-refractivity contribution in [3.8, 4) is 0 Å². The number of hydrogen-bond acceptors (Lipinski definition) is 4. The van der Waals surface area contributed by atoms with Crippen molar-refractivity contribution in [2.75, 3.05) is 27.2 Å². The molecule has 1 unspecified atom stereocenters. The third-order valence-corrected chi connectivity index (χ3v) is 4.81. The van der Waals surface area contributed by atoms with E-state index in [1.807, 2.05) is 14.1 Å². The fourth-order valence-electron chi connectivity index (χ4n) is 3.25. The first-order valence-electron chi connectivity index (χ1n) is 10.4. The van der Waals surface area contributed by atoms with E-state index in [1.54, 1.807) is 23.4 Å². The predicted octanol–water partition coefficient (Wildman–Crippen LogP) is 3.37. The maximum Gasteiger partial charge on any atom is 0.269 e. The first kappa shape index (κ1) is 23.6. The summed E-state index contributed by atoms with van der Waals surface area (Å²) in [4.78, 5) is 19.1. The van der Waals surface area contributed by atoms with Crippen LogP contribution in [-0.2, 0) is 16.1 Å². The number of hydrogen-bond donors (Lipinski definition) is 2. The molecule has 30 heavy (non-hydrogen) atoms. The van der Waals surface area contributed by atoms with Gasteiger partial charge in [-0.15, -0.1) is 0 Å². The largest absolute Gasteiger partial charge is 0.376 e. The van der Waals surface area contributed by atoms with Crippen LogP contribution < -0.4 is 10.6 Å². The molecule has 0 radical (unpaired) electrons. The number of nitrogens with zero attached hydrogens (tertiary/aromatic N) is 2. The van der Waals surface area contributed by atoms with E-state index in [-0.39, 0.29) is 17.8 Å². The molecule has 164 valence electrons. The molecule has 1 fully saturated rings. The normalized spacial score (nSPS) is 17.0. The smallest absolute Gasteiger partial charge is 0.269 e. The zero-order valence-corrected chi connectivity index (χ0v) is 18.2. The van der Waals surface area contributed by atoms with Crippen LogP contribution in [0.1, 0.15) is 38.2 Å². The summed E-state index contributed by atoms with van der Waals surface area (Å²) in [5, 5.41) is 6.14. The first-order chi connectivity index (χ1) is 14.4. The van der Waals surface area contributed by atoms with Gasteiger partial charge in [0, 0.05) is 27.2 Å². The Morgan fingerprint density at radius 1 is 1.37 bits per heavy atom. The zero-order chi connectivity index (χ0) is 21.9. The summed E-state index contributed by atoms with van der Waals surface area (Å²) in [6, 6.07) is 6.22.